The number of nitrogens with one attached hydrogen (secondary N) is 1. The van der Waals surface area contributed by atoms with Gasteiger partial charge in [-0.05, 0) is 11.6 Å². The van der Waals surface area contributed by atoms with Gasteiger partial charge in [0.15, 0.2) is 5.15 Å². The van der Waals surface area contributed by atoms with Crippen molar-refractivity contribution in [3.63, 3.8) is 0 Å². The van der Waals surface area contributed by atoms with Gasteiger partial charge in [0.2, 0.25) is 0 Å². The maximum atomic E-state index is 11.6. The third-order valence-electron chi connectivity index (χ3n) is 3.26. The van der Waals surface area contributed by atoms with Crippen LogP contribution in [0.4, 0.5) is 10.5 Å². The highest BCUT2D eigenvalue weighted by Gasteiger charge is 2.20. The molecule has 2 unspecified atom stereocenters. The minimum Gasteiger partial charge on any atom is -0.445 e. The van der Waals surface area contributed by atoms with E-state index < -0.39 is 18.3 Å². The van der Waals surface area contributed by atoms with Gasteiger partial charge >= 0.3 is 6.09 Å². The first-order chi connectivity index (χ1) is 11.5. The number of hydrogen-bond acceptors (Lipinski definition) is 6. The van der Waals surface area contributed by atoms with Gasteiger partial charge in [-0.1, -0.05) is 41.9 Å². The number of carbonyl (C=O) groups excluding carboxylic acids is 1. The number of nitrogens with two attached hydrogens (primary N) is 1. The number of rotatable bonds is 6. The standard InChI is InChI=1S/C16H18ClN3O4/c17-15-12(18)6-11(7-19-15)14(22)13(21)8-20-16(23)24-9-10-4-2-1-3-5-10/h1-7,13-14,21-22H,8-9,18H2,(H,20,23). The molecule has 1 aromatic carbocycles. The molecule has 0 fully saturated rings. The first-order valence-corrected chi connectivity index (χ1v) is 7.56. The number of amides is 1. The Kier molecular flexibility index (Phi) is 6.36. The normalized spacial score (nSPS) is 13.1. The number of hydrogen-bond donors (Lipinski definition) is 4. The molecule has 0 bridgehead atoms. The van der Waals surface area contributed by atoms with Gasteiger partial charge in [0.05, 0.1) is 5.69 Å². The van der Waals surface area contributed by atoms with Crippen molar-refractivity contribution >= 4 is 23.4 Å². The van der Waals surface area contributed by atoms with Crippen molar-refractivity contribution in [1.82, 2.24) is 10.3 Å². The summed E-state index contributed by atoms with van der Waals surface area (Å²) in [5.74, 6) is 0. The molecule has 24 heavy (non-hydrogen) atoms. The summed E-state index contributed by atoms with van der Waals surface area (Å²) in [4.78, 5) is 15.4. The first-order valence-electron chi connectivity index (χ1n) is 7.19. The molecule has 2 rings (SSSR count). The summed E-state index contributed by atoms with van der Waals surface area (Å²) in [5, 5.41) is 22.5. The van der Waals surface area contributed by atoms with E-state index in [0.29, 0.717) is 5.56 Å². The van der Waals surface area contributed by atoms with Crippen LogP contribution < -0.4 is 11.1 Å². The molecule has 0 aliphatic heterocycles. The Hall–Kier alpha value is -2.35. The van der Waals surface area contributed by atoms with Gasteiger partial charge in [-0.15, -0.1) is 0 Å². The molecule has 128 valence electrons. The van der Waals surface area contributed by atoms with E-state index in [4.69, 9.17) is 22.1 Å². The monoisotopic (exact) mass is 351 g/mol. The lowest BCUT2D eigenvalue weighted by molar-refractivity contribution is 0.0182. The lowest BCUT2D eigenvalue weighted by atomic mass is 10.1. The zero-order valence-corrected chi connectivity index (χ0v) is 13.5. The molecule has 1 amide bonds. The Morgan fingerprint density at radius 2 is 2.04 bits per heavy atom. The van der Waals surface area contributed by atoms with E-state index in [0.717, 1.165) is 5.56 Å². The lowest BCUT2D eigenvalue weighted by Crippen LogP contribution is -2.35. The van der Waals surface area contributed by atoms with E-state index in [1.54, 1.807) is 0 Å². The highest BCUT2D eigenvalue weighted by molar-refractivity contribution is 6.31. The number of aliphatic hydroxyl groups excluding tert-OH is 2. The SMILES string of the molecule is Nc1cc(C(O)C(O)CNC(=O)OCc2ccccc2)cnc1Cl. The molecule has 0 aliphatic rings. The molecule has 1 heterocycles. The second-order valence-electron chi connectivity index (χ2n) is 5.10. The Morgan fingerprint density at radius 3 is 2.71 bits per heavy atom. The number of aliphatic hydroxyl groups is 2. The van der Waals surface area contributed by atoms with Gasteiger partial charge < -0.3 is 26.0 Å². The topological polar surface area (TPSA) is 118 Å². The number of carbonyl (C=O) groups is 1. The molecule has 0 saturated heterocycles. The average molecular weight is 352 g/mol. The van der Waals surface area contributed by atoms with Crippen molar-refractivity contribution in [2.45, 2.75) is 18.8 Å². The minimum atomic E-state index is -1.27. The molecule has 8 heteroatoms. The van der Waals surface area contributed by atoms with Crippen LogP contribution in [-0.2, 0) is 11.3 Å². The summed E-state index contributed by atoms with van der Waals surface area (Å²) in [7, 11) is 0. The van der Waals surface area contributed by atoms with Crippen molar-refractivity contribution in [2.24, 2.45) is 0 Å². The maximum absolute atomic E-state index is 11.6. The summed E-state index contributed by atoms with van der Waals surface area (Å²) < 4.78 is 5.01. The highest BCUT2D eigenvalue weighted by Crippen LogP contribution is 2.22. The molecule has 0 saturated carbocycles. The van der Waals surface area contributed by atoms with E-state index in [1.165, 1.54) is 12.3 Å². The Labute approximate surface area is 144 Å². The number of nitrogen functional groups attached to an aromatic ring is 1. The number of halogens is 1. The number of pyridine rings is 1. The summed E-state index contributed by atoms with van der Waals surface area (Å²) in [6.07, 6.45) is -1.91. The highest BCUT2D eigenvalue weighted by atomic mass is 35.5. The third kappa shape index (κ3) is 5.09. The van der Waals surface area contributed by atoms with Gasteiger partial charge in [-0.3, -0.25) is 0 Å². The molecule has 0 aliphatic carbocycles. The van der Waals surface area contributed by atoms with Crippen LogP contribution in [0, 0.1) is 0 Å². The summed E-state index contributed by atoms with van der Waals surface area (Å²) in [5.41, 5.74) is 6.93. The van der Waals surface area contributed by atoms with Crippen LogP contribution in [0.5, 0.6) is 0 Å². The Morgan fingerprint density at radius 1 is 1.33 bits per heavy atom. The predicted molar refractivity (Wildman–Crippen MR) is 89.3 cm³/mol. The first kappa shape index (κ1) is 18.0. The summed E-state index contributed by atoms with van der Waals surface area (Å²) in [6, 6.07) is 10.6. The van der Waals surface area contributed by atoms with Crippen molar-refractivity contribution in [3.8, 4) is 0 Å². The predicted octanol–water partition coefficient (Wildman–Crippen LogP) is 1.64. The van der Waals surface area contributed by atoms with Gasteiger partial charge in [0.1, 0.15) is 18.8 Å². The second-order valence-corrected chi connectivity index (χ2v) is 5.46. The summed E-state index contributed by atoms with van der Waals surface area (Å²) in [6.45, 7) is -0.0831. The molecular weight excluding hydrogens is 334 g/mol. The van der Waals surface area contributed by atoms with E-state index in [1.807, 2.05) is 30.3 Å². The third-order valence-corrected chi connectivity index (χ3v) is 3.58. The van der Waals surface area contributed by atoms with E-state index in [2.05, 4.69) is 10.3 Å². The Balaban J connectivity index is 1.80. The van der Waals surface area contributed by atoms with E-state index in [-0.39, 0.29) is 24.0 Å². The summed E-state index contributed by atoms with van der Waals surface area (Å²) >= 11 is 5.70. The second kappa shape index (κ2) is 8.49. The van der Waals surface area contributed by atoms with Crippen LogP contribution in [0.1, 0.15) is 17.2 Å². The van der Waals surface area contributed by atoms with E-state index >= 15 is 0 Å². The largest absolute Gasteiger partial charge is 0.445 e. The molecule has 0 spiro atoms. The average Bonchev–Trinajstić information content (AvgIpc) is 2.60. The fraction of sp³-hybridized carbons (Fsp3) is 0.250. The molecule has 0 radical (unpaired) electrons. The molecule has 1 aromatic heterocycles. The van der Waals surface area contributed by atoms with Gasteiger partial charge in [0, 0.05) is 18.3 Å². The van der Waals surface area contributed by atoms with Crippen molar-refractivity contribution in [3.05, 3.63) is 58.9 Å². The number of anilines is 1. The number of alkyl carbamates (subject to hydrolysis) is 1. The lowest BCUT2D eigenvalue weighted by Gasteiger charge is -2.18. The van der Waals surface area contributed by atoms with Crippen LogP contribution in [0.3, 0.4) is 0 Å². The van der Waals surface area contributed by atoms with Gasteiger partial charge in [-0.25, -0.2) is 9.78 Å². The number of aromatic nitrogens is 1. The molecule has 2 aromatic rings. The number of benzene rings is 1. The molecule has 5 N–H and O–H groups in total. The zero-order chi connectivity index (χ0) is 17.5. The molecule has 2 atom stereocenters. The fourth-order valence-corrected chi connectivity index (χ4v) is 2.04. The molecular formula is C16H18ClN3O4. The van der Waals surface area contributed by atoms with Crippen molar-refractivity contribution < 1.29 is 19.7 Å². The van der Waals surface area contributed by atoms with Crippen molar-refractivity contribution in [1.29, 1.82) is 0 Å². The van der Waals surface area contributed by atoms with E-state index in [9.17, 15) is 15.0 Å². The van der Waals surface area contributed by atoms with Crippen LogP contribution in [0.25, 0.3) is 0 Å². The smallest absolute Gasteiger partial charge is 0.407 e. The number of nitrogens with zero attached hydrogens (tertiary/aromatic N) is 1. The van der Waals surface area contributed by atoms with Crippen LogP contribution in [0.2, 0.25) is 5.15 Å². The fourth-order valence-electron chi connectivity index (χ4n) is 1.94. The maximum Gasteiger partial charge on any atom is 0.407 e. The quantitative estimate of drug-likeness (QED) is 0.588. The zero-order valence-electron chi connectivity index (χ0n) is 12.7. The van der Waals surface area contributed by atoms with Gasteiger partial charge in [-0.2, -0.15) is 0 Å². The van der Waals surface area contributed by atoms with Crippen LogP contribution >= 0.6 is 11.6 Å². The van der Waals surface area contributed by atoms with Gasteiger partial charge in [0.25, 0.3) is 0 Å². The molecule has 7 nitrogen and oxygen atoms in total. The van der Waals surface area contributed by atoms with Crippen molar-refractivity contribution in [2.75, 3.05) is 12.3 Å². The minimum absolute atomic E-state index is 0.114. The Bertz CT molecular complexity index is 684. The van der Waals surface area contributed by atoms with Crippen LogP contribution in [-0.4, -0.2) is 33.9 Å². The number of ether oxygens (including phenoxy) is 1. The van der Waals surface area contributed by atoms with Crippen LogP contribution in [0.15, 0.2) is 42.6 Å².